The first kappa shape index (κ1) is 9.19. The van der Waals surface area contributed by atoms with Gasteiger partial charge in [0.05, 0.1) is 5.92 Å². The van der Waals surface area contributed by atoms with Gasteiger partial charge in [0.25, 0.3) is 0 Å². The van der Waals surface area contributed by atoms with Gasteiger partial charge in [-0.2, -0.15) is 0 Å². The number of hydrogen-bond donors (Lipinski definition) is 1. The minimum atomic E-state index is -0.300. The maximum absolute atomic E-state index is 11.5. The number of hydrogen-bond acceptors (Lipinski definition) is 2. The lowest BCUT2D eigenvalue weighted by atomic mass is 9.81. The van der Waals surface area contributed by atoms with Crippen LogP contribution in [0.1, 0.15) is 25.7 Å². The molecule has 0 bridgehead atoms. The van der Waals surface area contributed by atoms with Gasteiger partial charge in [-0.15, -0.1) is 0 Å². The molecule has 0 saturated heterocycles. The Labute approximate surface area is 82.7 Å². The third-order valence-corrected chi connectivity index (χ3v) is 2.89. The molecular weight excluding hydrogens is 178 g/mol. The highest BCUT2D eigenvalue weighted by Crippen LogP contribution is 2.32. The second-order valence-corrected chi connectivity index (χ2v) is 3.87. The lowest BCUT2D eigenvalue weighted by Crippen LogP contribution is -2.25. The van der Waals surface area contributed by atoms with Crippen molar-refractivity contribution in [2.45, 2.75) is 25.7 Å². The van der Waals surface area contributed by atoms with Crippen LogP contribution >= 0.6 is 0 Å². The Bertz CT molecular complexity index is 352. The minimum absolute atomic E-state index is 0.209. The van der Waals surface area contributed by atoms with Gasteiger partial charge < -0.3 is 5.73 Å². The molecule has 2 aliphatic carbocycles. The average Bonchev–Trinajstić information content (AvgIpc) is 2.17. The average molecular weight is 191 g/mol. The largest absolute Gasteiger partial charge is 0.369 e. The predicted molar refractivity (Wildman–Crippen MR) is 52.3 cm³/mol. The zero-order valence-corrected chi connectivity index (χ0v) is 7.95. The summed E-state index contributed by atoms with van der Waals surface area (Å²) in [6.45, 7) is 0. The molecule has 74 valence electrons. The minimum Gasteiger partial charge on any atom is -0.369 e. The molecule has 1 amide bonds. The van der Waals surface area contributed by atoms with Crippen LogP contribution in [0.5, 0.6) is 0 Å². The van der Waals surface area contributed by atoms with Crippen molar-refractivity contribution in [2.75, 3.05) is 0 Å². The first-order valence-electron chi connectivity index (χ1n) is 4.91. The van der Waals surface area contributed by atoms with Crippen LogP contribution in [0.15, 0.2) is 23.3 Å². The summed E-state index contributed by atoms with van der Waals surface area (Å²) in [7, 11) is 0. The summed E-state index contributed by atoms with van der Waals surface area (Å²) in [6, 6.07) is 0. The number of primary amides is 1. The third kappa shape index (κ3) is 1.50. The van der Waals surface area contributed by atoms with Crippen LogP contribution in [0, 0.1) is 5.92 Å². The van der Waals surface area contributed by atoms with E-state index in [0.717, 1.165) is 24.0 Å². The Morgan fingerprint density at radius 2 is 2.21 bits per heavy atom. The van der Waals surface area contributed by atoms with E-state index in [4.69, 9.17) is 5.73 Å². The zero-order valence-electron chi connectivity index (χ0n) is 7.95. The maximum Gasteiger partial charge on any atom is 0.224 e. The van der Waals surface area contributed by atoms with Gasteiger partial charge in [-0.3, -0.25) is 9.59 Å². The van der Waals surface area contributed by atoms with E-state index in [-0.39, 0.29) is 17.6 Å². The zero-order chi connectivity index (χ0) is 10.1. The van der Waals surface area contributed by atoms with E-state index in [9.17, 15) is 9.59 Å². The molecule has 0 radical (unpaired) electrons. The molecule has 0 heterocycles. The van der Waals surface area contributed by atoms with Crippen molar-refractivity contribution in [3.05, 3.63) is 23.3 Å². The molecule has 0 aromatic carbocycles. The molecule has 2 aliphatic rings. The van der Waals surface area contributed by atoms with Crippen molar-refractivity contribution in [1.29, 1.82) is 0 Å². The van der Waals surface area contributed by atoms with Gasteiger partial charge in [-0.05, 0) is 19.3 Å². The molecule has 3 heteroatoms. The van der Waals surface area contributed by atoms with E-state index in [2.05, 4.69) is 0 Å². The summed E-state index contributed by atoms with van der Waals surface area (Å²) >= 11 is 0. The molecule has 2 rings (SSSR count). The van der Waals surface area contributed by atoms with Crippen molar-refractivity contribution in [3.63, 3.8) is 0 Å². The maximum atomic E-state index is 11.5. The van der Waals surface area contributed by atoms with Crippen LogP contribution in [0.4, 0.5) is 0 Å². The first-order valence-corrected chi connectivity index (χ1v) is 4.91. The molecule has 1 unspecified atom stereocenters. The number of carbonyl (C=O) groups is 2. The van der Waals surface area contributed by atoms with Crippen LogP contribution in [0.2, 0.25) is 0 Å². The predicted octanol–water partition coefficient (Wildman–Crippen LogP) is 1.10. The molecule has 0 fully saturated rings. The first-order chi connectivity index (χ1) is 6.68. The highest BCUT2D eigenvalue weighted by molar-refractivity contribution is 6.00. The van der Waals surface area contributed by atoms with Gasteiger partial charge in [-0.25, -0.2) is 0 Å². The number of carbonyl (C=O) groups excluding carboxylic acids is 2. The molecule has 14 heavy (non-hydrogen) atoms. The lowest BCUT2D eigenvalue weighted by Gasteiger charge is -2.23. The fourth-order valence-electron chi connectivity index (χ4n) is 2.09. The van der Waals surface area contributed by atoms with Crippen molar-refractivity contribution >= 4 is 11.7 Å². The summed E-state index contributed by atoms with van der Waals surface area (Å²) in [5.41, 5.74) is 7.17. The molecule has 1 atom stereocenters. The van der Waals surface area contributed by atoms with Crippen LogP contribution in [-0.4, -0.2) is 11.7 Å². The second-order valence-electron chi connectivity index (χ2n) is 3.87. The summed E-state index contributed by atoms with van der Waals surface area (Å²) in [5, 5.41) is 0. The van der Waals surface area contributed by atoms with E-state index in [0.29, 0.717) is 12.8 Å². The van der Waals surface area contributed by atoms with Crippen LogP contribution in [-0.2, 0) is 9.59 Å². The van der Waals surface area contributed by atoms with Crippen molar-refractivity contribution in [2.24, 2.45) is 11.7 Å². The number of rotatable bonds is 1. The monoisotopic (exact) mass is 191 g/mol. The quantitative estimate of drug-likeness (QED) is 0.674. The van der Waals surface area contributed by atoms with Gasteiger partial charge in [0.1, 0.15) is 0 Å². The summed E-state index contributed by atoms with van der Waals surface area (Å²) in [5.74, 6) is -0.295. The summed E-state index contributed by atoms with van der Waals surface area (Å²) in [6.07, 6.45) is 6.67. The molecule has 0 aromatic heterocycles. The lowest BCUT2D eigenvalue weighted by molar-refractivity contribution is -0.121. The third-order valence-electron chi connectivity index (χ3n) is 2.89. The Hall–Kier alpha value is -1.38. The van der Waals surface area contributed by atoms with E-state index >= 15 is 0 Å². The molecule has 3 nitrogen and oxygen atoms in total. The van der Waals surface area contributed by atoms with E-state index in [1.54, 1.807) is 12.2 Å². The van der Waals surface area contributed by atoms with E-state index in [1.165, 1.54) is 0 Å². The van der Waals surface area contributed by atoms with Gasteiger partial charge in [0.15, 0.2) is 5.78 Å². The van der Waals surface area contributed by atoms with E-state index < -0.39 is 0 Å². The van der Waals surface area contributed by atoms with E-state index in [1.807, 2.05) is 0 Å². The van der Waals surface area contributed by atoms with Crippen LogP contribution in [0.3, 0.4) is 0 Å². The number of nitrogens with two attached hydrogens (primary N) is 1. The van der Waals surface area contributed by atoms with Crippen molar-refractivity contribution in [1.82, 2.24) is 0 Å². The van der Waals surface area contributed by atoms with Crippen LogP contribution in [0.25, 0.3) is 0 Å². The topological polar surface area (TPSA) is 60.2 Å². The molecular formula is C11H13NO2. The van der Waals surface area contributed by atoms with Gasteiger partial charge in [0.2, 0.25) is 5.91 Å². The molecule has 0 saturated carbocycles. The summed E-state index contributed by atoms with van der Waals surface area (Å²) < 4.78 is 0. The number of amides is 1. The molecule has 0 spiro atoms. The van der Waals surface area contributed by atoms with Gasteiger partial charge >= 0.3 is 0 Å². The van der Waals surface area contributed by atoms with Crippen molar-refractivity contribution in [3.8, 4) is 0 Å². The second kappa shape index (κ2) is 3.40. The van der Waals surface area contributed by atoms with Crippen LogP contribution < -0.4 is 5.73 Å². The number of ketones is 1. The van der Waals surface area contributed by atoms with Gasteiger partial charge in [0, 0.05) is 12.0 Å². The Kier molecular flexibility index (Phi) is 2.23. The highest BCUT2D eigenvalue weighted by Gasteiger charge is 2.25. The normalized spacial score (nSPS) is 26.3. The highest BCUT2D eigenvalue weighted by atomic mass is 16.1. The smallest absolute Gasteiger partial charge is 0.224 e. The number of Topliss-reactive ketones (excluding diaryl/α,β-unsaturated/α-hetero) is 1. The standard InChI is InChI=1S/C11H13NO2/c12-11(14)8-4-5-9-7(6-8)2-1-3-10(9)13/h4-5,8H,1-3,6H2,(H2,12,14). The molecule has 0 aromatic rings. The molecule has 0 aliphatic heterocycles. The Morgan fingerprint density at radius 3 is 2.93 bits per heavy atom. The SMILES string of the molecule is NC(=O)C1C=CC2=C(CCCC2=O)C1. The summed E-state index contributed by atoms with van der Waals surface area (Å²) in [4.78, 5) is 22.5. The number of allylic oxidation sites excluding steroid dienone is 3. The van der Waals surface area contributed by atoms with Gasteiger partial charge in [-0.1, -0.05) is 17.7 Å². The van der Waals surface area contributed by atoms with Crippen molar-refractivity contribution < 1.29 is 9.59 Å². The Morgan fingerprint density at radius 1 is 1.43 bits per heavy atom. The molecule has 2 N–H and O–H groups in total. The Balaban J connectivity index is 2.25. The fourth-order valence-corrected chi connectivity index (χ4v) is 2.09. The fraction of sp³-hybridized carbons (Fsp3) is 0.455.